The summed E-state index contributed by atoms with van der Waals surface area (Å²) in [7, 11) is 1.37. The molecule has 3 nitrogen and oxygen atoms in total. The minimum atomic E-state index is -0.502. The molecule has 1 atom stereocenters. The Kier molecular flexibility index (Phi) is 5.14. The molecule has 0 heterocycles. The second-order valence-electron chi connectivity index (χ2n) is 3.64. The molecule has 0 saturated carbocycles. The third-order valence-corrected chi connectivity index (χ3v) is 2.40. The normalized spacial score (nSPS) is 12.9. The number of carbonyl (C=O) groups is 1. The number of rotatable bonds is 5. The Morgan fingerprint density at radius 3 is 2.65 bits per heavy atom. The van der Waals surface area contributed by atoms with Crippen molar-refractivity contribution in [3.05, 3.63) is 48.6 Å². The van der Waals surface area contributed by atoms with Crippen molar-refractivity contribution in [1.82, 2.24) is 0 Å². The van der Waals surface area contributed by atoms with Gasteiger partial charge in [0.05, 0.1) is 7.11 Å². The van der Waals surface area contributed by atoms with Crippen molar-refractivity contribution in [2.45, 2.75) is 19.4 Å². The van der Waals surface area contributed by atoms with Gasteiger partial charge in [-0.25, -0.2) is 4.79 Å². The average Bonchev–Trinajstić information content (AvgIpc) is 2.38. The van der Waals surface area contributed by atoms with Crippen LogP contribution in [-0.2, 0) is 9.53 Å². The largest absolute Gasteiger partial charge is 0.467 e. The quantitative estimate of drug-likeness (QED) is 0.444. The molecule has 1 aromatic carbocycles. The first kappa shape index (κ1) is 13.2. The number of methoxy groups -OCH3 is 1. The van der Waals surface area contributed by atoms with Crippen LogP contribution >= 0.6 is 0 Å². The standard InChI is InChI=1S/C14H17NO2/c1-4-8-13(14(16)17-3)15-11(2)12-9-6-5-7-10-12/h4-7,9-10,13H,1,8H2,2-3H3. The van der Waals surface area contributed by atoms with E-state index in [0.717, 1.165) is 11.3 Å². The highest BCUT2D eigenvalue weighted by molar-refractivity contribution is 5.99. The van der Waals surface area contributed by atoms with Crippen LogP contribution in [0.4, 0.5) is 0 Å². The van der Waals surface area contributed by atoms with Crippen LogP contribution < -0.4 is 0 Å². The first-order valence-electron chi connectivity index (χ1n) is 5.47. The van der Waals surface area contributed by atoms with Gasteiger partial charge in [-0.3, -0.25) is 4.99 Å². The zero-order chi connectivity index (χ0) is 12.7. The summed E-state index contributed by atoms with van der Waals surface area (Å²) in [6, 6.07) is 9.24. The second kappa shape index (κ2) is 6.63. The predicted molar refractivity (Wildman–Crippen MR) is 69.3 cm³/mol. The van der Waals surface area contributed by atoms with E-state index in [9.17, 15) is 4.79 Å². The Balaban J connectivity index is 2.90. The van der Waals surface area contributed by atoms with Crippen molar-refractivity contribution in [2.24, 2.45) is 4.99 Å². The Labute approximate surface area is 102 Å². The maximum Gasteiger partial charge on any atom is 0.330 e. The van der Waals surface area contributed by atoms with Crippen molar-refractivity contribution in [1.29, 1.82) is 0 Å². The fourth-order valence-electron chi connectivity index (χ4n) is 1.48. The van der Waals surface area contributed by atoms with Crippen LogP contribution in [0.3, 0.4) is 0 Å². The number of carbonyl (C=O) groups excluding carboxylic acids is 1. The number of hydrogen-bond donors (Lipinski definition) is 0. The van der Waals surface area contributed by atoms with Gasteiger partial charge in [-0.15, -0.1) is 6.58 Å². The maximum atomic E-state index is 11.5. The van der Waals surface area contributed by atoms with Crippen LogP contribution in [0.5, 0.6) is 0 Å². The lowest BCUT2D eigenvalue weighted by Gasteiger charge is -2.09. The molecule has 0 aliphatic heterocycles. The van der Waals surface area contributed by atoms with Gasteiger partial charge < -0.3 is 4.74 Å². The molecular weight excluding hydrogens is 214 g/mol. The molecule has 0 radical (unpaired) electrons. The Morgan fingerprint density at radius 2 is 2.12 bits per heavy atom. The average molecular weight is 231 g/mol. The number of aliphatic imine (C=N–C) groups is 1. The summed E-state index contributed by atoms with van der Waals surface area (Å²) >= 11 is 0. The van der Waals surface area contributed by atoms with Crippen molar-refractivity contribution < 1.29 is 9.53 Å². The lowest BCUT2D eigenvalue weighted by Crippen LogP contribution is -2.21. The summed E-state index contributed by atoms with van der Waals surface area (Å²) < 4.78 is 4.71. The van der Waals surface area contributed by atoms with Crippen molar-refractivity contribution in [3.63, 3.8) is 0 Å². The van der Waals surface area contributed by atoms with Crippen LogP contribution in [0.15, 0.2) is 48.0 Å². The van der Waals surface area contributed by atoms with Gasteiger partial charge in [0.1, 0.15) is 0 Å². The number of hydrogen-bond acceptors (Lipinski definition) is 3. The third kappa shape index (κ3) is 3.87. The van der Waals surface area contributed by atoms with Gasteiger partial charge in [-0.1, -0.05) is 36.4 Å². The van der Waals surface area contributed by atoms with Gasteiger partial charge in [-0.05, 0) is 18.9 Å². The minimum absolute atomic E-state index is 0.333. The highest BCUT2D eigenvalue weighted by Crippen LogP contribution is 2.07. The van der Waals surface area contributed by atoms with E-state index in [1.165, 1.54) is 7.11 Å². The van der Waals surface area contributed by atoms with Crippen LogP contribution in [-0.4, -0.2) is 24.8 Å². The van der Waals surface area contributed by atoms with E-state index >= 15 is 0 Å². The van der Waals surface area contributed by atoms with E-state index in [1.54, 1.807) is 6.08 Å². The Morgan fingerprint density at radius 1 is 1.47 bits per heavy atom. The maximum absolute atomic E-state index is 11.5. The molecule has 1 unspecified atom stereocenters. The monoisotopic (exact) mass is 231 g/mol. The molecule has 1 rings (SSSR count). The SMILES string of the molecule is C=CCC(N=C(C)c1ccccc1)C(=O)OC. The Hall–Kier alpha value is -1.90. The fraction of sp³-hybridized carbons (Fsp3) is 0.286. The van der Waals surface area contributed by atoms with Gasteiger partial charge in [0.15, 0.2) is 6.04 Å². The van der Waals surface area contributed by atoms with Crippen molar-refractivity contribution in [3.8, 4) is 0 Å². The number of ether oxygens (including phenoxy) is 1. The zero-order valence-corrected chi connectivity index (χ0v) is 10.2. The molecule has 0 aliphatic carbocycles. The summed E-state index contributed by atoms with van der Waals surface area (Å²) in [6.07, 6.45) is 2.15. The van der Waals surface area contributed by atoms with Crippen molar-refractivity contribution in [2.75, 3.05) is 7.11 Å². The number of nitrogens with zero attached hydrogens (tertiary/aromatic N) is 1. The molecule has 3 heteroatoms. The highest BCUT2D eigenvalue weighted by Gasteiger charge is 2.16. The highest BCUT2D eigenvalue weighted by atomic mass is 16.5. The molecule has 1 aromatic rings. The molecule has 0 N–H and O–H groups in total. The summed E-state index contributed by atoms with van der Waals surface area (Å²) in [5.41, 5.74) is 1.83. The molecule has 0 bridgehead atoms. The molecule has 0 aromatic heterocycles. The molecule has 0 saturated heterocycles. The lowest BCUT2D eigenvalue weighted by molar-refractivity contribution is -0.141. The topological polar surface area (TPSA) is 38.7 Å². The Bertz CT molecular complexity index is 409. The summed E-state index contributed by atoms with van der Waals surface area (Å²) in [5.74, 6) is -0.333. The van der Waals surface area contributed by atoms with E-state index in [4.69, 9.17) is 4.74 Å². The van der Waals surface area contributed by atoms with Gasteiger partial charge >= 0.3 is 5.97 Å². The third-order valence-electron chi connectivity index (χ3n) is 2.40. The summed E-state index contributed by atoms with van der Waals surface area (Å²) in [6.45, 7) is 5.50. The van der Waals surface area contributed by atoms with Crippen molar-refractivity contribution >= 4 is 11.7 Å². The van der Waals surface area contributed by atoms with E-state index in [-0.39, 0.29) is 5.97 Å². The number of esters is 1. The second-order valence-corrected chi connectivity index (χ2v) is 3.64. The first-order valence-corrected chi connectivity index (χ1v) is 5.47. The van der Waals surface area contributed by atoms with Gasteiger partial charge in [0, 0.05) is 5.71 Å². The zero-order valence-electron chi connectivity index (χ0n) is 10.2. The van der Waals surface area contributed by atoms with Gasteiger partial charge in [-0.2, -0.15) is 0 Å². The van der Waals surface area contributed by atoms with E-state index < -0.39 is 6.04 Å². The molecule has 0 spiro atoms. The number of benzene rings is 1. The summed E-state index contributed by atoms with van der Waals surface area (Å²) in [5, 5.41) is 0. The lowest BCUT2D eigenvalue weighted by atomic mass is 10.1. The van der Waals surface area contributed by atoms with Crippen LogP contribution in [0.1, 0.15) is 18.9 Å². The van der Waals surface area contributed by atoms with Crippen LogP contribution in [0.2, 0.25) is 0 Å². The van der Waals surface area contributed by atoms with Crippen LogP contribution in [0, 0.1) is 0 Å². The minimum Gasteiger partial charge on any atom is -0.467 e. The molecule has 0 fully saturated rings. The molecule has 17 heavy (non-hydrogen) atoms. The van der Waals surface area contributed by atoms with Gasteiger partial charge in [0.25, 0.3) is 0 Å². The first-order chi connectivity index (χ1) is 8.19. The molecule has 90 valence electrons. The molecular formula is C14H17NO2. The van der Waals surface area contributed by atoms with Crippen LogP contribution in [0.25, 0.3) is 0 Å². The molecule has 0 aliphatic rings. The van der Waals surface area contributed by atoms with E-state index in [0.29, 0.717) is 6.42 Å². The van der Waals surface area contributed by atoms with E-state index in [1.807, 2.05) is 37.3 Å². The van der Waals surface area contributed by atoms with Gasteiger partial charge in [0.2, 0.25) is 0 Å². The summed E-state index contributed by atoms with van der Waals surface area (Å²) in [4.78, 5) is 15.9. The predicted octanol–water partition coefficient (Wildman–Crippen LogP) is 2.61. The smallest absolute Gasteiger partial charge is 0.330 e. The van der Waals surface area contributed by atoms with E-state index in [2.05, 4.69) is 11.6 Å². The fourth-order valence-corrected chi connectivity index (χ4v) is 1.48. The molecule has 0 amide bonds.